The largest absolute Gasteiger partial charge is 0.271 e. The van der Waals surface area contributed by atoms with Crippen molar-refractivity contribution >= 4 is 34.5 Å². The van der Waals surface area contributed by atoms with Crippen LogP contribution in [0.1, 0.15) is 17.2 Å². The Morgan fingerprint density at radius 1 is 1.17 bits per heavy atom. The number of hydrogen-bond donors (Lipinski definition) is 2. The van der Waals surface area contributed by atoms with Gasteiger partial charge in [-0.1, -0.05) is 29.3 Å². The molecule has 1 aromatic heterocycles. The monoisotopic (exact) mass is 308 g/mol. The highest BCUT2D eigenvalue weighted by atomic mass is 35.5. The minimum atomic E-state index is -0.698. The molecule has 1 heterocycles. The fourth-order valence-electron chi connectivity index (χ4n) is 1.63. The molecule has 2 nitrogen and oxygen atoms in total. The first-order valence-electron chi connectivity index (χ1n) is 4.88. The fraction of sp³-hybridized carbons (Fsp3) is 0.0909. The van der Waals surface area contributed by atoms with Gasteiger partial charge in [-0.05, 0) is 12.1 Å². The van der Waals surface area contributed by atoms with E-state index in [1.54, 1.807) is 6.07 Å². The van der Waals surface area contributed by atoms with Gasteiger partial charge in [0.15, 0.2) is 0 Å². The smallest absolute Gasteiger partial charge is 0.131 e. The Morgan fingerprint density at radius 3 is 2.39 bits per heavy atom. The molecule has 3 N–H and O–H groups in total. The zero-order valence-corrected chi connectivity index (χ0v) is 11.2. The van der Waals surface area contributed by atoms with Crippen molar-refractivity contribution in [1.29, 1.82) is 0 Å². The second kappa shape index (κ2) is 5.50. The highest BCUT2D eigenvalue weighted by Crippen LogP contribution is 2.37. The van der Waals surface area contributed by atoms with E-state index in [0.717, 1.165) is 23.5 Å². The van der Waals surface area contributed by atoms with E-state index in [1.165, 1.54) is 6.07 Å². The molecule has 18 heavy (non-hydrogen) atoms. The molecule has 1 atom stereocenters. The lowest BCUT2D eigenvalue weighted by molar-refractivity contribution is 0.542. The van der Waals surface area contributed by atoms with Gasteiger partial charge in [0.2, 0.25) is 0 Å². The van der Waals surface area contributed by atoms with Crippen LogP contribution >= 0.6 is 34.5 Å². The number of thiophene rings is 1. The molecular weight excluding hydrogens is 301 g/mol. The molecule has 0 fully saturated rings. The van der Waals surface area contributed by atoms with Crippen LogP contribution < -0.4 is 11.3 Å². The molecule has 1 aromatic carbocycles. The van der Waals surface area contributed by atoms with E-state index in [9.17, 15) is 8.78 Å². The van der Waals surface area contributed by atoms with Crippen molar-refractivity contribution in [2.45, 2.75) is 6.04 Å². The molecule has 0 spiro atoms. The lowest BCUT2D eigenvalue weighted by Gasteiger charge is -2.16. The van der Waals surface area contributed by atoms with Gasteiger partial charge in [0.05, 0.1) is 14.7 Å². The first kappa shape index (κ1) is 13.7. The summed E-state index contributed by atoms with van der Waals surface area (Å²) in [4.78, 5) is 0. The van der Waals surface area contributed by atoms with Crippen LogP contribution in [0.2, 0.25) is 8.67 Å². The number of hydrogen-bond acceptors (Lipinski definition) is 3. The molecule has 1 unspecified atom stereocenters. The Bertz CT molecular complexity index is 574. The van der Waals surface area contributed by atoms with Crippen LogP contribution in [0.25, 0.3) is 0 Å². The summed E-state index contributed by atoms with van der Waals surface area (Å²) in [5.41, 5.74) is 3.21. The third-order valence-electron chi connectivity index (χ3n) is 2.43. The van der Waals surface area contributed by atoms with E-state index >= 15 is 0 Å². The number of halogens is 4. The summed E-state index contributed by atoms with van der Waals surface area (Å²) in [6.07, 6.45) is 0. The van der Waals surface area contributed by atoms with Crippen molar-refractivity contribution in [3.63, 3.8) is 0 Å². The first-order chi connectivity index (χ1) is 8.52. The average molecular weight is 309 g/mol. The molecule has 0 aliphatic rings. The quantitative estimate of drug-likeness (QED) is 0.667. The summed E-state index contributed by atoms with van der Waals surface area (Å²) in [5, 5.41) is 0. The maximum atomic E-state index is 13.7. The van der Waals surface area contributed by atoms with Gasteiger partial charge in [-0.3, -0.25) is 5.84 Å². The van der Waals surface area contributed by atoms with Crippen LogP contribution in [0.15, 0.2) is 24.3 Å². The zero-order valence-electron chi connectivity index (χ0n) is 8.88. The molecule has 0 saturated carbocycles. The first-order valence-corrected chi connectivity index (χ1v) is 6.46. The summed E-state index contributed by atoms with van der Waals surface area (Å²) < 4.78 is 27.4. The van der Waals surface area contributed by atoms with Crippen LogP contribution in [0.3, 0.4) is 0 Å². The second-order valence-corrected chi connectivity index (χ2v) is 5.83. The average Bonchev–Trinajstić information content (AvgIpc) is 2.62. The highest BCUT2D eigenvalue weighted by molar-refractivity contribution is 7.20. The van der Waals surface area contributed by atoms with E-state index in [1.807, 2.05) is 0 Å². The maximum absolute atomic E-state index is 13.7. The molecule has 0 saturated heterocycles. The lowest BCUT2D eigenvalue weighted by atomic mass is 10.0. The number of rotatable bonds is 3. The third kappa shape index (κ3) is 2.65. The Balaban J connectivity index is 2.48. The summed E-state index contributed by atoms with van der Waals surface area (Å²) in [6.45, 7) is 0. The highest BCUT2D eigenvalue weighted by Gasteiger charge is 2.21. The molecule has 7 heteroatoms. The Labute approximate surface area is 116 Å². The number of nitrogens with two attached hydrogens (primary N) is 1. The summed E-state index contributed by atoms with van der Waals surface area (Å²) in [5.74, 6) is 4.07. The molecular formula is C11H8Cl2F2N2S. The van der Waals surface area contributed by atoms with E-state index in [0.29, 0.717) is 14.2 Å². The van der Waals surface area contributed by atoms with Crippen molar-refractivity contribution in [2.24, 2.45) is 5.84 Å². The number of benzene rings is 1. The van der Waals surface area contributed by atoms with Crippen molar-refractivity contribution < 1.29 is 8.78 Å². The number of nitrogens with one attached hydrogen (secondary N) is 1. The van der Waals surface area contributed by atoms with E-state index in [-0.39, 0.29) is 5.56 Å². The van der Waals surface area contributed by atoms with Gasteiger partial charge < -0.3 is 0 Å². The summed E-state index contributed by atoms with van der Waals surface area (Å²) in [7, 11) is 0. The van der Waals surface area contributed by atoms with Crippen LogP contribution in [-0.4, -0.2) is 0 Å². The van der Waals surface area contributed by atoms with E-state index in [2.05, 4.69) is 5.43 Å². The minimum absolute atomic E-state index is 0.204. The molecule has 2 rings (SSSR count). The Morgan fingerprint density at radius 2 is 1.89 bits per heavy atom. The van der Waals surface area contributed by atoms with Gasteiger partial charge in [0.25, 0.3) is 0 Å². The summed E-state index contributed by atoms with van der Waals surface area (Å²) in [6, 6.07) is 4.19. The van der Waals surface area contributed by atoms with Crippen molar-refractivity contribution in [2.75, 3.05) is 0 Å². The molecule has 0 bridgehead atoms. The van der Waals surface area contributed by atoms with E-state index in [4.69, 9.17) is 29.0 Å². The third-order valence-corrected chi connectivity index (χ3v) is 3.95. The fourth-order valence-corrected chi connectivity index (χ4v) is 3.16. The van der Waals surface area contributed by atoms with Gasteiger partial charge >= 0.3 is 0 Å². The van der Waals surface area contributed by atoms with Crippen LogP contribution in [0.4, 0.5) is 8.78 Å². The van der Waals surface area contributed by atoms with Crippen LogP contribution in [-0.2, 0) is 0 Å². The topological polar surface area (TPSA) is 38.0 Å². The summed E-state index contributed by atoms with van der Waals surface area (Å²) >= 11 is 13.0. The molecule has 0 amide bonds. The van der Waals surface area contributed by atoms with Gasteiger partial charge in [-0.15, -0.1) is 11.3 Å². The van der Waals surface area contributed by atoms with Crippen molar-refractivity contribution in [1.82, 2.24) is 5.43 Å². The van der Waals surface area contributed by atoms with Crippen molar-refractivity contribution in [3.8, 4) is 0 Å². The molecule has 0 radical (unpaired) electrons. The van der Waals surface area contributed by atoms with Gasteiger partial charge in [-0.2, -0.15) is 0 Å². The zero-order chi connectivity index (χ0) is 13.3. The molecule has 0 aliphatic carbocycles. The second-order valence-electron chi connectivity index (χ2n) is 3.55. The van der Waals surface area contributed by atoms with Gasteiger partial charge in [-0.25, -0.2) is 14.2 Å². The lowest BCUT2D eigenvalue weighted by Crippen LogP contribution is -2.29. The number of hydrazine groups is 1. The predicted octanol–water partition coefficient (Wildman–Crippen LogP) is 3.89. The Hall–Kier alpha value is -0.720. The molecule has 2 aromatic rings. The standard InChI is InChI=1S/C11H8Cl2F2N2S/c12-9-4-7(11(13)18-9)10(17-16)6-2-1-5(14)3-8(6)15/h1-4,10,17H,16H2. The maximum Gasteiger partial charge on any atom is 0.131 e. The predicted molar refractivity (Wildman–Crippen MR) is 69.9 cm³/mol. The van der Waals surface area contributed by atoms with E-state index < -0.39 is 17.7 Å². The minimum Gasteiger partial charge on any atom is -0.271 e. The molecule has 0 aliphatic heterocycles. The van der Waals surface area contributed by atoms with Gasteiger partial charge in [0, 0.05) is 17.2 Å². The van der Waals surface area contributed by atoms with Crippen molar-refractivity contribution in [3.05, 3.63) is 55.7 Å². The van der Waals surface area contributed by atoms with Gasteiger partial charge in [0.1, 0.15) is 11.6 Å². The van der Waals surface area contributed by atoms with Crippen LogP contribution in [0, 0.1) is 11.6 Å². The Kier molecular flexibility index (Phi) is 4.19. The normalized spacial score (nSPS) is 12.7. The molecule has 96 valence electrons. The SMILES string of the molecule is NNC(c1ccc(F)cc1F)c1cc(Cl)sc1Cl. The van der Waals surface area contributed by atoms with Crippen LogP contribution in [0.5, 0.6) is 0 Å².